The number of aliphatic carboxylic acids is 1. The topological polar surface area (TPSA) is 108 Å². The molecule has 0 aliphatic heterocycles. The molecule has 0 amide bonds. The van der Waals surface area contributed by atoms with Gasteiger partial charge in [-0.2, -0.15) is 5.10 Å². The summed E-state index contributed by atoms with van der Waals surface area (Å²) in [6.07, 6.45) is 1.14. The van der Waals surface area contributed by atoms with E-state index in [4.69, 9.17) is 9.47 Å². The van der Waals surface area contributed by atoms with Crippen molar-refractivity contribution in [3.63, 3.8) is 0 Å². The van der Waals surface area contributed by atoms with Gasteiger partial charge in [0, 0.05) is 20.1 Å². The molecule has 2 heterocycles. The molecule has 32 heavy (non-hydrogen) atoms. The lowest BCUT2D eigenvalue weighted by molar-refractivity contribution is -0.149. The number of ether oxygens (including phenoxy) is 2. The normalized spacial score (nSPS) is 12.2. The Kier molecular flexibility index (Phi) is 7.63. The zero-order chi connectivity index (χ0) is 23.3. The molecule has 1 aromatic carbocycles. The summed E-state index contributed by atoms with van der Waals surface area (Å²) in [7, 11) is 1.77. The SMILES string of the molecule is CCCc1nn(C)c2c(=O)n(CCOc3ccc(C[C@@H](OCC)C(=O)O)cc3)c(C)nc12. The van der Waals surface area contributed by atoms with Crippen molar-refractivity contribution in [2.75, 3.05) is 13.2 Å². The summed E-state index contributed by atoms with van der Waals surface area (Å²) in [5.74, 6) is 0.291. The molecular formula is C23H30N4O5. The molecule has 0 saturated heterocycles. The van der Waals surface area contributed by atoms with Gasteiger partial charge in [0.1, 0.15) is 23.7 Å². The third-order valence-electron chi connectivity index (χ3n) is 5.26. The largest absolute Gasteiger partial charge is 0.492 e. The Morgan fingerprint density at radius 3 is 2.56 bits per heavy atom. The van der Waals surface area contributed by atoms with Crippen LogP contribution in [0.15, 0.2) is 29.1 Å². The second kappa shape index (κ2) is 10.4. The molecule has 172 valence electrons. The number of hydrogen-bond donors (Lipinski definition) is 1. The Labute approximate surface area is 186 Å². The zero-order valence-corrected chi connectivity index (χ0v) is 19.0. The van der Waals surface area contributed by atoms with E-state index in [0.717, 1.165) is 24.1 Å². The van der Waals surface area contributed by atoms with Crippen molar-refractivity contribution < 1.29 is 19.4 Å². The fraction of sp³-hybridized carbons (Fsp3) is 0.478. The molecule has 1 atom stereocenters. The number of benzene rings is 1. The molecule has 1 N–H and O–H groups in total. The molecule has 3 aromatic rings. The van der Waals surface area contributed by atoms with Gasteiger partial charge in [0.25, 0.3) is 5.56 Å². The van der Waals surface area contributed by atoms with Gasteiger partial charge in [0.05, 0.1) is 12.2 Å². The second-order valence-corrected chi connectivity index (χ2v) is 7.61. The standard InChI is InChI=1S/C23H30N4O5/c1-5-7-18-20-21(26(4)25-18)22(28)27(15(3)24-20)12-13-32-17-10-8-16(9-11-17)14-19(23(29)30)31-6-2/h8-11,19H,5-7,12-14H2,1-4H3,(H,29,30)/t19-/m1/s1. The summed E-state index contributed by atoms with van der Waals surface area (Å²) in [5, 5.41) is 13.7. The van der Waals surface area contributed by atoms with Crippen LogP contribution in [0, 0.1) is 6.92 Å². The Morgan fingerprint density at radius 2 is 1.94 bits per heavy atom. The van der Waals surface area contributed by atoms with Crippen molar-refractivity contribution in [2.24, 2.45) is 7.05 Å². The maximum atomic E-state index is 13.0. The first-order valence-corrected chi connectivity index (χ1v) is 10.8. The third-order valence-corrected chi connectivity index (χ3v) is 5.26. The number of carboxylic acids is 1. The van der Waals surface area contributed by atoms with Gasteiger partial charge < -0.3 is 14.6 Å². The average molecular weight is 443 g/mol. The Hall–Kier alpha value is -3.20. The highest BCUT2D eigenvalue weighted by Crippen LogP contribution is 2.16. The minimum Gasteiger partial charge on any atom is -0.492 e. The summed E-state index contributed by atoms with van der Waals surface area (Å²) < 4.78 is 14.3. The average Bonchev–Trinajstić information content (AvgIpc) is 3.06. The van der Waals surface area contributed by atoms with Crippen LogP contribution in [0.1, 0.15) is 37.4 Å². The number of carboxylic acid groups (broad SMARTS) is 1. The summed E-state index contributed by atoms with van der Waals surface area (Å²) >= 11 is 0. The van der Waals surface area contributed by atoms with Gasteiger partial charge in [-0.05, 0) is 38.0 Å². The van der Waals surface area contributed by atoms with Gasteiger partial charge in [-0.3, -0.25) is 14.0 Å². The lowest BCUT2D eigenvalue weighted by atomic mass is 10.1. The van der Waals surface area contributed by atoms with Gasteiger partial charge in [-0.1, -0.05) is 25.5 Å². The van der Waals surface area contributed by atoms with E-state index >= 15 is 0 Å². The number of aromatic nitrogens is 4. The lowest BCUT2D eigenvalue weighted by Crippen LogP contribution is -2.27. The van der Waals surface area contributed by atoms with Crippen molar-refractivity contribution >= 4 is 17.0 Å². The van der Waals surface area contributed by atoms with Crippen LogP contribution in [-0.2, 0) is 36.0 Å². The Bertz CT molecular complexity index is 1130. The number of rotatable bonds is 11. The van der Waals surface area contributed by atoms with Crippen LogP contribution in [0.5, 0.6) is 5.75 Å². The quantitative estimate of drug-likeness (QED) is 0.486. The molecule has 3 rings (SSSR count). The zero-order valence-electron chi connectivity index (χ0n) is 19.0. The summed E-state index contributed by atoms with van der Waals surface area (Å²) in [5.41, 5.74) is 2.75. The van der Waals surface area contributed by atoms with E-state index < -0.39 is 12.1 Å². The Balaban J connectivity index is 1.67. The first kappa shape index (κ1) is 23.5. The monoisotopic (exact) mass is 442 g/mol. The van der Waals surface area contributed by atoms with Crippen LogP contribution < -0.4 is 10.3 Å². The maximum absolute atomic E-state index is 13.0. The molecule has 0 spiro atoms. The fourth-order valence-corrected chi connectivity index (χ4v) is 3.70. The molecule has 0 radical (unpaired) electrons. The fourth-order valence-electron chi connectivity index (χ4n) is 3.70. The molecule has 0 saturated carbocycles. The first-order chi connectivity index (χ1) is 15.3. The van der Waals surface area contributed by atoms with E-state index in [2.05, 4.69) is 17.0 Å². The van der Waals surface area contributed by atoms with Crippen molar-refractivity contribution in [1.29, 1.82) is 0 Å². The van der Waals surface area contributed by atoms with E-state index in [1.54, 1.807) is 35.4 Å². The number of nitrogens with zero attached hydrogens (tertiary/aromatic N) is 4. The molecule has 0 bridgehead atoms. The molecular weight excluding hydrogens is 412 g/mol. The highest BCUT2D eigenvalue weighted by Gasteiger charge is 2.18. The summed E-state index contributed by atoms with van der Waals surface area (Å²) in [6, 6.07) is 7.21. The first-order valence-electron chi connectivity index (χ1n) is 10.8. The van der Waals surface area contributed by atoms with Crippen molar-refractivity contribution in [3.05, 3.63) is 51.7 Å². The van der Waals surface area contributed by atoms with Crippen LogP contribution in [-0.4, -0.2) is 49.7 Å². The summed E-state index contributed by atoms with van der Waals surface area (Å²) in [4.78, 5) is 28.9. The molecule has 0 aliphatic carbocycles. The minimum absolute atomic E-state index is 0.126. The van der Waals surface area contributed by atoms with Crippen LogP contribution in [0.3, 0.4) is 0 Å². The van der Waals surface area contributed by atoms with Crippen LogP contribution >= 0.6 is 0 Å². The highest BCUT2D eigenvalue weighted by atomic mass is 16.5. The van der Waals surface area contributed by atoms with Crippen molar-refractivity contribution in [3.8, 4) is 5.75 Å². The van der Waals surface area contributed by atoms with Gasteiger partial charge in [-0.15, -0.1) is 0 Å². The number of aryl methyl sites for hydroxylation is 3. The molecule has 0 fully saturated rings. The van der Waals surface area contributed by atoms with Gasteiger partial charge in [0.2, 0.25) is 0 Å². The van der Waals surface area contributed by atoms with Crippen LogP contribution in [0.4, 0.5) is 0 Å². The molecule has 2 aromatic heterocycles. The highest BCUT2D eigenvalue weighted by molar-refractivity contribution is 5.76. The second-order valence-electron chi connectivity index (χ2n) is 7.61. The molecule has 0 unspecified atom stereocenters. The molecule has 9 heteroatoms. The molecule has 9 nitrogen and oxygen atoms in total. The van der Waals surface area contributed by atoms with Crippen molar-refractivity contribution in [2.45, 2.75) is 52.7 Å². The van der Waals surface area contributed by atoms with Gasteiger partial charge in [-0.25, -0.2) is 9.78 Å². The summed E-state index contributed by atoms with van der Waals surface area (Å²) in [6.45, 7) is 6.65. The number of carbonyl (C=O) groups is 1. The predicted molar refractivity (Wildman–Crippen MR) is 120 cm³/mol. The maximum Gasteiger partial charge on any atom is 0.333 e. The van der Waals surface area contributed by atoms with Gasteiger partial charge in [0.15, 0.2) is 11.6 Å². The van der Waals surface area contributed by atoms with Crippen LogP contribution in [0.2, 0.25) is 0 Å². The van der Waals surface area contributed by atoms with E-state index in [9.17, 15) is 14.7 Å². The van der Waals surface area contributed by atoms with E-state index in [1.807, 2.05) is 19.1 Å². The lowest BCUT2D eigenvalue weighted by Gasteiger charge is -2.13. The molecule has 0 aliphatic rings. The number of fused-ring (bicyclic) bond motifs is 1. The Morgan fingerprint density at radius 1 is 1.22 bits per heavy atom. The van der Waals surface area contributed by atoms with E-state index in [1.165, 1.54) is 0 Å². The van der Waals surface area contributed by atoms with E-state index in [0.29, 0.717) is 42.4 Å². The third kappa shape index (κ3) is 5.16. The van der Waals surface area contributed by atoms with Crippen molar-refractivity contribution in [1.82, 2.24) is 19.3 Å². The van der Waals surface area contributed by atoms with E-state index in [-0.39, 0.29) is 12.0 Å². The predicted octanol–water partition coefficient (Wildman–Crippen LogP) is 2.50. The smallest absolute Gasteiger partial charge is 0.333 e. The van der Waals surface area contributed by atoms with Gasteiger partial charge >= 0.3 is 5.97 Å². The minimum atomic E-state index is -0.978. The number of hydrogen-bond acceptors (Lipinski definition) is 6. The van der Waals surface area contributed by atoms with Crippen LogP contribution in [0.25, 0.3) is 11.0 Å².